The summed E-state index contributed by atoms with van der Waals surface area (Å²) in [6.45, 7) is 2.07. The molecule has 2 nitrogen and oxygen atoms in total. The number of rotatable bonds is 5. The van der Waals surface area contributed by atoms with Crippen molar-refractivity contribution in [3.05, 3.63) is 51.9 Å². The molecule has 2 rings (SSSR count). The quantitative estimate of drug-likeness (QED) is 0.661. The number of halogens is 3. The lowest BCUT2D eigenvalue weighted by Gasteiger charge is -2.09. The van der Waals surface area contributed by atoms with Crippen molar-refractivity contribution in [2.24, 2.45) is 0 Å². The molecule has 0 saturated carbocycles. The molecule has 106 valence electrons. The lowest BCUT2D eigenvalue weighted by molar-refractivity contribution is 0.425. The van der Waals surface area contributed by atoms with Crippen LogP contribution < -0.4 is 4.74 Å². The molecule has 1 aromatic heterocycles. The summed E-state index contributed by atoms with van der Waals surface area (Å²) in [7, 11) is 0. The Labute approximate surface area is 131 Å². The zero-order valence-corrected chi connectivity index (χ0v) is 13.3. The van der Waals surface area contributed by atoms with E-state index in [4.69, 9.17) is 16.3 Å². The van der Waals surface area contributed by atoms with Gasteiger partial charge in [-0.2, -0.15) is 0 Å². The molecule has 0 radical (unpaired) electrons. The molecular formula is C15H14BrClFNO. The van der Waals surface area contributed by atoms with Crippen LogP contribution in [0.4, 0.5) is 4.39 Å². The molecule has 0 fully saturated rings. The van der Waals surface area contributed by atoms with Gasteiger partial charge >= 0.3 is 0 Å². The third kappa shape index (κ3) is 3.93. The number of nitrogens with zero attached hydrogens (tertiary/aromatic N) is 1. The molecular weight excluding hydrogens is 345 g/mol. The zero-order valence-electron chi connectivity index (χ0n) is 11.0. The zero-order chi connectivity index (χ0) is 14.5. The highest BCUT2D eigenvalue weighted by Gasteiger charge is 2.08. The van der Waals surface area contributed by atoms with E-state index in [0.29, 0.717) is 16.2 Å². The minimum absolute atomic E-state index is 0.148. The van der Waals surface area contributed by atoms with Gasteiger partial charge in [-0.3, -0.25) is 0 Å². The van der Waals surface area contributed by atoms with E-state index in [0.717, 1.165) is 24.1 Å². The van der Waals surface area contributed by atoms with Crippen LogP contribution in [0.2, 0.25) is 0 Å². The van der Waals surface area contributed by atoms with Gasteiger partial charge in [0.25, 0.3) is 0 Å². The second kappa shape index (κ2) is 7.04. The van der Waals surface area contributed by atoms with Crippen LogP contribution >= 0.6 is 27.5 Å². The third-order valence-corrected chi connectivity index (χ3v) is 3.49. The van der Waals surface area contributed by atoms with E-state index in [1.165, 1.54) is 6.07 Å². The summed E-state index contributed by atoms with van der Waals surface area (Å²) >= 11 is 9.07. The first-order chi connectivity index (χ1) is 9.62. The summed E-state index contributed by atoms with van der Waals surface area (Å²) < 4.78 is 19.9. The van der Waals surface area contributed by atoms with Crippen LogP contribution in [0.5, 0.6) is 11.6 Å². The second-order valence-corrected chi connectivity index (χ2v) is 5.55. The van der Waals surface area contributed by atoms with Gasteiger partial charge in [0.05, 0.1) is 0 Å². The first-order valence-electron chi connectivity index (χ1n) is 6.31. The van der Waals surface area contributed by atoms with Gasteiger partial charge in [-0.25, -0.2) is 9.37 Å². The minimum atomic E-state index is -0.436. The Bertz CT molecular complexity index is 606. The third-order valence-electron chi connectivity index (χ3n) is 2.68. The van der Waals surface area contributed by atoms with Gasteiger partial charge in [0.1, 0.15) is 0 Å². The van der Waals surface area contributed by atoms with Crippen LogP contribution in [0.3, 0.4) is 0 Å². The van der Waals surface area contributed by atoms with Crippen LogP contribution in [0, 0.1) is 5.82 Å². The van der Waals surface area contributed by atoms with E-state index in [-0.39, 0.29) is 5.75 Å². The van der Waals surface area contributed by atoms with E-state index < -0.39 is 5.82 Å². The van der Waals surface area contributed by atoms with E-state index in [9.17, 15) is 4.39 Å². The van der Waals surface area contributed by atoms with Crippen molar-refractivity contribution >= 4 is 27.5 Å². The van der Waals surface area contributed by atoms with Gasteiger partial charge in [-0.15, -0.1) is 11.6 Å². The maximum Gasteiger partial charge on any atom is 0.219 e. The Kier molecular flexibility index (Phi) is 5.38. The van der Waals surface area contributed by atoms with E-state index in [1.54, 1.807) is 18.2 Å². The van der Waals surface area contributed by atoms with E-state index >= 15 is 0 Å². The number of ether oxygens (including phenoxy) is 1. The number of hydrogen-bond acceptors (Lipinski definition) is 2. The number of alkyl halides is 1. The molecule has 20 heavy (non-hydrogen) atoms. The number of aromatic nitrogens is 1. The highest BCUT2D eigenvalue weighted by Crippen LogP contribution is 2.27. The summed E-state index contributed by atoms with van der Waals surface area (Å²) in [4.78, 5) is 4.37. The normalized spacial score (nSPS) is 10.6. The molecule has 0 unspecified atom stereocenters. The number of benzene rings is 1. The molecule has 0 aliphatic rings. The predicted octanol–water partition coefficient (Wildman–Crippen LogP) is 5.47. The fraction of sp³-hybridized carbons (Fsp3) is 0.267. The van der Waals surface area contributed by atoms with Crippen molar-refractivity contribution in [3.63, 3.8) is 0 Å². The molecule has 2 aromatic rings. The Morgan fingerprint density at radius 3 is 2.75 bits per heavy atom. The van der Waals surface area contributed by atoms with Crippen molar-refractivity contribution in [2.75, 3.05) is 0 Å². The fourth-order valence-corrected chi connectivity index (χ4v) is 2.29. The summed E-state index contributed by atoms with van der Waals surface area (Å²) in [6, 6.07) is 8.31. The Balaban J connectivity index is 2.29. The predicted molar refractivity (Wildman–Crippen MR) is 82.0 cm³/mol. The van der Waals surface area contributed by atoms with Gasteiger partial charge in [-0.05, 0) is 36.2 Å². The first kappa shape index (κ1) is 15.3. The molecule has 0 saturated heterocycles. The summed E-state index contributed by atoms with van der Waals surface area (Å²) in [5, 5.41) is 0. The Morgan fingerprint density at radius 1 is 1.30 bits per heavy atom. The molecule has 0 amide bonds. The van der Waals surface area contributed by atoms with Crippen LogP contribution in [-0.2, 0) is 12.3 Å². The summed E-state index contributed by atoms with van der Waals surface area (Å²) in [6.07, 6.45) is 1.81. The smallest absolute Gasteiger partial charge is 0.219 e. The van der Waals surface area contributed by atoms with Crippen molar-refractivity contribution < 1.29 is 9.13 Å². The van der Waals surface area contributed by atoms with Gasteiger partial charge in [0.2, 0.25) is 5.88 Å². The topological polar surface area (TPSA) is 22.1 Å². The van der Waals surface area contributed by atoms with Crippen LogP contribution in [0.1, 0.15) is 24.6 Å². The second-order valence-electron chi connectivity index (χ2n) is 4.37. The summed E-state index contributed by atoms with van der Waals surface area (Å²) in [5.41, 5.74) is 1.82. The largest absolute Gasteiger partial charge is 0.436 e. The summed E-state index contributed by atoms with van der Waals surface area (Å²) in [5.74, 6) is 0.454. The number of aryl methyl sites for hydroxylation is 1. The van der Waals surface area contributed by atoms with Crippen molar-refractivity contribution in [2.45, 2.75) is 25.6 Å². The van der Waals surface area contributed by atoms with E-state index in [2.05, 4.69) is 27.8 Å². The van der Waals surface area contributed by atoms with Crippen LogP contribution in [-0.4, -0.2) is 4.98 Å². The molecule has 0 aliphatic heterocycles. The average Bonchev–Trinajstić information content (AvgIpc) is 2.42. The average molecular weight is 359 g/mol. The number of pyridine rings is 1. The molecule has 0 atom stereocenters. The lowest BCUT2D eigenvalue weighted by Crippen LogP contribution is -1.97. The SMILES string of the molecule is CCCc1cc(CCl)cc(Oc2ccc(Br)cc2F)n1. The van der Waals surface area contributed by atoms with Crippen LogP contribution in [0.25, 0.3) is 0 Å². The Morgan fingerprint density at radius 2 is 2.10 bits per heavy atom. The maximum atomic E-state index is 13.8. The standard InChI is InChI=1S/C15H14BrClFNO/c1-2-3-12-6-10(9-17)7-15(19-12)20-14-5-4-11(16)8-13(14)18/h4-8H,2-3,9H2,1H3. The molecule has 1 aromatic carbocycles. The highest BCUT2D eigenvalue weighted by molar-refractivity contribution is 9.10. The van der Waals surface area contributed by atoms with Gasteiger partial charge in [-0.1, -0.05) is 29.3 Å². The van der Waals surface area contributed by atoms with Gasteiger partial charge < -0.3 is 4.74 Å². The van der Waals surface area contributed by atoms with E-state index in [1.807, 2.05) is 6.07 Å². The van der Waals surface area contributed by atoms with Crippen molar-refractivity contribution in [3.8, 4) is 11.6 Å². The van der Waals surface area contributed by atoms with Gasteiger partial charge in [0, 0.05) is 22.1 Å². The minimum Gasteiger partial charge on any atom is -0.436 e. The molecule has 0 aliphatic carbocycles. The molecule has 0 bridgehead atoms. The monoisotopic (exact) mass is 357 g/mol. The van der Waals surface area contributed by atoms with Crippen molar-refractivity contribution in [1.82, 2.24) is 4.98 Å². The lowest BCUT2D eigenvalue weighted by atomic mass is 10.2. The molecule has 5 heteroatoms. The van der Waals surface area contributed by atoms with Crippen LogP contribution in [0.15, 0.2) is 34.8 Å². The maximum absolute atomic E-state index is 13.8. The van der Waals surface area contributed by atoms with Crippen molar-refractivity contribution in [1.29, 1.82) is 0 Å². The Hall–Kier alpha value is -1.13. The molecule has 1 heterocycles. The molecule has 0 N–H and O–H groups in total. The molecule has 0 spiro atoms. The van der Waals surface area contributed by atoms with Gasteiger partial charge in [0.15, 0.2) is 11.6 Å². The first-order valence-corrected chi connectivity index (χ1v) is 7.64. The highest BCUT2D eigenvalue weighted by atomic mass is 79.9. The number of hydrogen-bond donors (Lipinski definition) is 0. The fourth-order valence-electron chi connectivity index (χ4n) is 1.80.